The van der Waals surface area contributed by atoms with E-state index in [1.807, 2.05) is 18.2 Å². The molecule has 0 spiro atoms. The average molecular weight is 353 g/mol. The maximum absolute atomic E-state index is 12.0. The van der Waals surface area contributed by atoms with Gasteiger partial charge in [0.25, 0.3) is 0 Å². The predicted molar refractivity (Wildman–Crippen MR) is 95.1 cm³/mol. The molecule has 0 aliphatic carbocycles. The molecule has 0 fully saturated rings. The highest BCUT2D eigenvalue weighted by atomic mass is 16.5. The Hall–Kier alpha value is -3.33. The van der Waals surface area contributed by atoms with Crippen LogP contribution in [0.2, 0.25) is 0 Å². The van der Waals surface area contributed by atoms with E-state index >= 15 is 0 Å². The summed E-state index contributed by atoms with van der Waals surface area (Å²) in [5.41, 5.74) is 1.13. The Morgan fingerprint density at radius 1 is 0.962 bits per heavy atom. The fourth-order valence-corrected chi connectivity index (χ4v) is 2.11. The Morgan fingerprint density at radius 2 is 1.54 bits per heavy atom. The maximum atomic E-state index is 12.0. The molecule has 0 unspecified atom stereocenters. The van der Waals surface area contributed by atoms with Crippen LogP contribution >= 0.6 is 0 Å². The molecule has 0 N–H and O–H groups in total. The van der Waals surface area contributed by atoms with Crippen LogP contribution in [0.1, 0.15) is 46.0 Å². The lowest BCUT2D eigenvalue weighted by Gasteiger charge is -2.06. The van der Waals surface area contributed by atoms with Crippen molar-refractivity contribution in [2.75, 3.05) is 20.3 Å². The number of benzene rings is 1. The van der Waals surface area contributed by atoms with E-state index in [4.69, 9.17) is 14.2 Å². The van der Waals surface area contributed by atoms with Gasteiger partial charge in [-0.1, -0.05) is 24.0 Å². The quantitative estimate of drug-likeness (QED) is 0.608. The number of hydrogen-bond acceptors (Lipinski definition) is 6. The zero-order valence-electron chi connectivity index (χ0n) is 14.9. The summed E-state index contributed by atoms with van der Waals surface area (Å²) < 4.78 is 15.2. The molecule has 0 radical (unpaired) electrons. The molecule has 26 heavy (non-hydrogen) atoms. The zero-order valence-corrected chi connectivity index (χ0v) is 14.9. The SMILES string of the molecule is CCOC(=O)c1cc(C#Cc2ccccc2OC)cc(C(=O)OCC)n1. The summed E-state index contributed by atoms with van der Waals surface area (Å²) in [4.78, 5) is 28.0. The summed E-state index contributed by atoms with van der Waals surface area (Å²) in [7, 11) is 1.56. The molecule has 0 aliphatic heterocycles. The minimum absolute atomic E-state index is 0.00160. The van der Waals surface area contributed by atoms with Crippen molar-refractivity contribution >= 4 is 11.9 Å². The highest BCUT2D eigenvalue weighted by Gasteiger charge is 2.16. The first-order valence-electron chi connectivity index (χ1n) is 8.10. The summed E-state index contributed by atoms with van der Waals surface area (Å²) >= 11 is 0. The fourth-order valence-electron chi connectivity index (χ4n) is 2.11. The number of rotatable bonds is 5. The molecule has 1 aromatic carbocycles. The standard InChI is InChI=1S/C20H19NO5/c1-4-25-19(22)16-12-14(13-17(21-16)20(23)26-5-2)10-11-15-8-6-7-9-18(15)24-3/h6-9,12-13H,4-5H2,1-3H3. The third kappa shape index (κ3) is 4.84. The summed E-state index contributed by atoms with van der Waals surface area (Å²) in [6.45, 7) is 3.78. The van der Waals surface area contributed by atoms with E-state index in [9.17, 15) is 9.59 Å². The van der Waals surface area contributed by atoms with Gasteiger partial charge in [-0.05, 0) is 38.1 Å². The Morgan fingerprint density at radius 3 is 2.08 bits per heavy atom. The molecule has 2 rings (SSSR count). The number of nitrogens with zero attached hydrogens (tertiary/aromatic N) is 1. The van der Waals surface area contributed by atoms with Crippen molar-refractivity contribution in [1.82, 2.24) is 4.98 Å². The molecule has 6 nitrogen and oxygen atoms in total. The first kappa shape index (κ1) is 19.0. The monoisotopic (exact) mass is 353 g/mol. The molecule has 0 saturated heterocycles. The molecule has 0 amide bonds. The predicted octanol–water partition coefficient (Wildman–Crippen LogP) is 2.84. The molecule has 1 heterocycles. The van der Waals surface area contributed by atoms with Crippen LogP contribution in [0.25, 0.3) is 0 Å². The molecule has 2 aromatic rings. The van der Waals surface area contributed by atoms with E-state index in [0.717, 1.165) is 0 Å². The van der Waals surface area contributed by atoms with Crippen LogP contribution in [-0.2, 0) is 9.47 Å². The number of ether oxygens (including phenoxy) is 3. The average Bonchev–Trinajstić information content (AvgIpc) is 2.66. The highest BCUT2D eigenvalue weighted by molar-refractivity contribution is 5.92. The van der Waals surface area contributed by atoms with Gasteiger partial charge in [-0.2, -0.15) is 0 Å². The third-order valence-electron chi connectivity index (χ3n) is 3.24. The van der Waals surface area contributed by atoms with E-state index in [-0.39, 0.29) is 24.6 Å². The number of para-hydroxylation sites is 1. The van der Waals surface area contributed by atoms with Gasteiger partial charge in [-0.25, -0.2) is 14.6 Å². The number of carbonyl (C=O) groups is 2. The number of pyridine rings is 1. The minimum atomic E-state index is -0.626. The van der Waals surface area contributed by atoms with Crippen molar-refractivity contribution in [2.24, 2.45) is 0 Å². The van der Waals surface area contributed by atoms with Crippen LogP contribution in [0.15, 0.2) is 36.4 Å². The van der Waals surface area contributed by atoms with Crippen LogP contribution in [-0.4, -0.2) is 37.2 Å². The summed E-state index contributed by atoms with van der Waals surface area (Å²) in [6, 6.07) is 10.2. The molecule has 0 atom stereocenters. The zero-order chi connectivity index (χ0) is 18.9. The number of aromatic nitrogens is 1. The van der Waals surface area contributed by atoms with Crippen LogP contribution in [0, 0.1) is 11.8 Å². The molecule has 134 valence electrons. The second-order valence-electron chi connectivity index (χ2n) is 5.02. The summed E-state index contributed by atoms with van der Waals surface area (Å²) in [5, 5.41) is 0. The number of esters is 2. The van der Waals surface area contributed by atoms with Gasteiger partial charge >= 0.3 is 11.9 Å². The normalized spacial score (nSPS) is 9.65. The second-order valence-corrected chi connectivity index (χ2v) is 5.02. The van der Waals surface area contributed by atoms with Crippen LogP contribution in [0.3, 0.4) is 0 Å². The van der Waals surface area contributed by atoms with Crippen molar-refractivity contribution in [2.45, 2.75) is 13.8 Å². The Kier molecular flexibility index (Phi) is 6.75. The molecular formula is C20H19NO5. The topological polar surface area (TPSA) is 74.7 Å². The van der Waals surface area contributed by atoms with Gasteiger partial charge in [0.05, 0.1) is 25.9 Å². The number of hydrogen-bond donors (Lipinski definition) is 0. The van der Waals surface area contributed by atoms with Crippen molar-refractivity contribution in [3.05, 3.63) is 58.9 Å². The number of methoxy groups -OCH3 is 1. The molecule has 0 saturated carbocycles. The van der Waals surface area contributed by atoms with E-state index < -0.39 is 11.9 Å². The van der Waals surface area contributed by atoms with Gasteiger partial charge in [0.1, 0.15) is 5.75 Å². The molecule has 1 aromatic heterocycles. The summed E-state index contributed by atoms with van der Waals surface area (Å²) in [5.74, 6) is 5.27. The highest BCUT2D eigenvalue weighted by Crippen LogP contribution is 2.16. The van der Waals surface area contributed by atoms with Gasteiger partial charge in [-0.3, -0.25) is 0 Å². The number of carbonyl (C=O) groups excluding carboxylic acids is 2. The van der Waals surface area contributed by atoms with Gasteiger partial charge in [0.15, 0.2) is 11.4 Å². The van der Waals surface area contributed by atoms with Crippen molar-refractivity contribution in [3.63, 3.8) is 0 Å². The molecule has 0 aliphatic rings. The molecule has 0 bridgehead atoms. The van der Waals surface area contributed by atoms with E-state index in [1.165, 1.54) is 12.1 Å². The Balaban J connectivity index is 2.45. The first-order chi connectivity index (χ1) is 12.6. The van der Waals surface area contributed by atoms with Crippen LogP contribution < -0.4 is 4.74 Å². The van der Waals surface area contributed by atoms with Crippen molar-refractivity contribution in [3.8, 4) is 17.6 Å². The first-order valence-corrected chi connectivity index (χ1v) is 8.10. The second kappa shape index (κ2) is 9.23. The largest absolute Gasteiger partial charge is 0.495 e. The summed E-state index contributed by atoms with van der Waals surface area (Å²) in [6.07, 6.45) is 0. The van der Waals surface area contributed by atoms with Crippen LogP contribution in [0.4, 0.5) is 0 Å². The molecular weight excluding hydrogens is 334 g/mol. The van der Waals surface area contributed by atoms with E-state index in [0.29, 0.717) is 16.9 Å². The third-order valence-corrected chi connectivity index (χ3v) is 3.24. The molecule has 6 heteroatoms. The maximum Gasteiger partial charge on any atom is 0.356 e. The lowest BCUT2D eigenvalue weighted by atomic mass is 10.1. The smallest absolute Gasteiger partial charge is 0.356 e. The Bertz CT molecular complexity index is 828. The van der Waals surface area contributed by atoms with Gasteiger partial charge < -0.3 is 14.2 Å². The van der Waals surface area contributed by atoms with E-state index in [1.54, 1.807) is 27.0 Å². The van der Waals surface area contributed by atoms with E-state index in [2.05, 4.69) is 16.8 Å². The van der Waals surface area contributed by atoms with Gasteiger partial charge in [0.2, 0.25) is 0 Å². The van der Waals surface area contributed by atoms with Crippen molar-refractivity contribution in [1.29, 1.82) is 0 Å². The van der Waals surface area contributed by atoms with Crippen molar-refractivity contribution < 1.29 is 23.8 Å². The lowest BCUT2D eigenvalue weighted by Crippen LogP contribution is -2.13. The van der Waals surface area contributed by atoms with Gasteiger partial charge in [0, 0.05) is 5.56 Å². The Labute approximate surface area is 152 Å². The lowest BCUT2D eigenvalue weighted by molar-refractivity contribution is 0.0511. The van der Waals surface area contributed by atoms with Crippen LogP contribution in [0.5, 0.6) is 5.75 Å². The van der Waals surface area contributed by atoms with Gasteiger partial charge in [-0.15, -0.1) is 0 Å². The minimum Gasteiger partial charge on any atom is -0.495 e. The fraction of sp³-hybridized carbons (Fsp3) is 0.250.